The SMILES string of the molecule is C=C(CNC)NCc1ncccc1F. The van der Waals surface area contributed by atoms with E-state index in [0.717, 1.165) is 5.70 Å². The molecule has 1 heterocycles. The molecule has 3 nitrogen and oxygen atoms in total. The van der Waals surface area contributed by atoms with E-state index in [1.165, 1.54) is 6.07 Å². The van der Waals surface area contributed by atoms with E-state index in [0.29, 0.717) is 18.8 Å². The van der Waals surface area contributed by atoms with Crippen LogP contribution in [0.25, 0.3) is 0 Å². The van der Waals surface area contributed by atoms with Gasteiger partial charge < -0.3 is 10.6 Å². The number of nitrogens with zero attached hydrogens (tertiary/aromatic N) is 1. The van der Waals surface area contributed by atoms with Crippen LogP contribution in [0.3, 0.4) is 0 Å². The summed E-state index contributed by atoms with van der Waals surface area (Å²) in [4.78, 5) is 3.91. The molecular formula is C10H14FN3. The Bertz CT molecular complexity index is 312. The average Bonchev–Trinajstić information content (AvgIpc) is 2.17. The standard InChI is InChI=1S/C10H14FN3/c1-8(6-12-2)14-7-10-9(11)4-3-5-13-10/h3-5,12,14H,1,6-7H2,2H3. The summed E-state index contributed by atoms with van der Waals surface area (Å²) in [6, 6.07) is 2.96. The molecule has 1 aromatic rings. The van der Waals surface area contributed by atoms with E-state index in [4.69, 9.17) is 0 Å². The van der Waals surface area contributed by atoms with Crippen LogP contribution in [0, 0.1) is 5.82 Å². The highest BCUT2D eigenvalue weighted by Gasteiger charge is 2.01. The van der Waals surface area contributed by atoms with Crippen molar-refractivity contribution < 1.29 is 4.39 Å². The quantitative estimate of drug-likeness (QED) is 0.737. The van der Waals surface area contributed by atoms with Crippen LogP contribution in [0.4, 0.5) is 4.39 Å². The van der Waals surface area contributed by atoms with Crippen LogP contribution in [0.15, 0.2) is 30.6 Å². The van der Waals surface area contributed by atoms with Crippen molar-refractivity contribution in [2.75, 3.05) is 13.6 Å². The number of aromatic nitrogens is 1. The first-order chi connectivity index (χ1) is 6.74. The predicted molar refractivity (Wildman–Crippen MR) is 54.1 cm³/mol. The number of halogens is 1. The van der Waals surface area contributed by atoms with Gasteiger partial charge in [-0.2, -0.15) is 0 Å². The number of pyridine rings is 1. The van der Waals surface area contributed by atoms with Crippen molar-refractivity contribution in [2.45, 2.75) is 6.54 Å². The highest BCUT2D eigenvalue weighted by Crippen LogP contribution is 2.02. The molecule has 0 saturated carbocycles. The number of hydrogen-bond donors (Lipinski definition) is 2. The van der Waals surface area contributed by atoms with Crippen LogP contribution in [0.1, 0.15) is 5.69 Å². The molecular weight excluding hydrogens is 181 g/mol. The third-order valence-corrected chi connectivity index (χ3v) is 1.73. The second-order valence-corrected chi connectivity index (χ2v) is 2.92. The van der Waals surface area contributed by atoms with Gasteiger partial charge >= 0.3 is 0 Å². The molecule has 0 aromatic carbocycles. The van der Waals surface area contributed by atoms with Gasteiger partial charge in [-0.25, -0.2) is 4.39 Å². The first-order valence-electron chi connectivity index (χ1n) is 4.39. The van der Waals surface area contributed by atoms with Crippen molar-refractivity contribution in [1.82, 2.24) is 15.6 Å². The summed E-state index contributed by atoms with van der Waals surface area (Å²) in [7, 11) is 1.83. The molecule has 0 aliphatic rings. The molecule has 14 heavy (non-hydrogen) atoms. The fourth-order valence-corrected chi connectivity index (χ4v) is 1.03. The molecule has 1 rings (SSSR count). The van der Waals surface area contributed by atoms with Gasteiger partial charge in [-0.05, 0) is 19.2 Å². The van der Waals surface area contributed by atoms with Crippen LogP contribution in [-0.4, -0.2) is 18.6 Å². The van der Waals surface area contributed by atoms with Gasteiger partial charge in [0.05, 0.1) is 12.2 Å². The molecule has 0 saturated heterocycles. The highest BCUT2D eigenvalue weighted by molar-refractivity contribution is 5.08. The summed E-state index contributed by atoms with van der Waals surface area (Å²) >= 11 is 0. The minimum atomic E-state index is -0.294. The maximum Gasteiger partial charge on any atom is 0.146 e. The Morgan fingerprint density at radius 1 is 1.64 bits per heavy atom. The minimum Gasteiger partial charge on any atom is -0.382 e. The smallest absolute Gasteiger partial charge is 0.146 e. The number of likely N-dealkylation sites (N-methyl/N-ethyl adjacent to an activating group) is 1. The molecule has 0 aliphatic heterocycles. The molecule has 0 amide bonds. The van der Waals surface area contributed by atoms with Crippen LogP contribution >= 0.6 is 0 Å². The molecule has 0 aliphatic carbocycles. The molecule has 76 valence electrons. The van der Waals surface area contributed by atoms with Crippen LogP contribution in [0.5, 0.6) is 0 Å². The second kappa shape index (κ2) is 5.34. The maximum atomic E-state index is 13.1. The zero-order valence-corrected chi connectivity index (χ0v) is 8.18. The van der Waals surface area contributed by atoms with Crippen molar-refractivity contribution in [3.05, 3.63) is 42.1 Å². The van der Waals surface area contributed by atoms with Crippen molar-refractivity contribution in [3.63, 3.8) is 0 Å². The second-order valence-electron chi connectivity index (χ2n) is 2.92. The van der Waals surface area contributed by atoms with E-state index in [-0.39, 0.29) is 5.82 Å². The summed E-state index contributed by atoms with van der Waals surface area (Å²) in [5.41, 5.74) is 1.22. The minimum absolute atomic E-state index is 0.294. The molecule has 0 unspecified atom stereocenters. The van der Waals surface area contributed by atoms with Crippen LogP contribution in [0.2, 0.25) is 0 Å². The number of hydrogen-bond acceptors (Lipinski definition) is 3. The average molecular weight is 195 g/mol. The Balaban J connectivity index is 2.46. The third kappa shape index (κ3) is 3.14. The zero-order valence-electron chi connectivity index (χ0n) is 8.18. The van der Waals surface area contributed by atoms with Crippen molar-refractivity contribution in [3.8, 4) is 0 Å². The molecule has 0 fully saturated rings. The van der Waals surface area contributed by atoms with Crippen molar-refractivity contribution in [2.24, 2.45) is 0 Å². The fraction of sp³-hybridized carbons (Fsp3) is 0.300. The largest absolute Gasteiger partial charge is 0.382 e. The van der Waals surface area contributed by atoms with E-state index >= 15 is 0 Å². The van der Waals surface area contributed by atoms with Crippen LogP contribution in [-0.2, 0) is 6.54 Å². The predicted octanol–water partition coefficient (Wildman–Crippen LogP) is 1.04. The first kappa shape index (κ1) is 10.7. The fourth-order valence-electron chi connectivity index (χ4n) is 1.03. The van der Waals surface area contributed by atoms with E-state index in [9.17, 15) is 4.39 Å². The Hall–Kier alpha value is -1.42. The molecule has 1 aromatic heterocycles. The lowest BCUT2D eigenvalue weighted by Gasteiger charge is -2.08. The summed E-state index contributed by atoms with van der Waals surface area (Å²) in [6.45, 7) is 4.79. The normalized spacial score (nSPS) is 9.86. The summed E-state index contributed by atoms with van der Waals surface area (Å²) in [5.74, 6) is -0.294. The molecule has 0 bridgehead atoms. The van der Waals surface area contributed by atoms with Crippen molar-refractivity contribution >= 4 is 0 Å². The maximum absolute atomic E-state index is 13.1. The lowest BCUT2D eigenvalue weighted by atomic mass is 10.3. The van der Waals surface area contributed by atoms with E-state index in [2.05, 4.69) is 22.2 Å². The summed E-state index contributed by atoms with van der Waals surface area (Å²) < 4.78 is 13.1. The topological polar surface area (TPSA) is 37.0 Å². The summed E-state index contributed by atoms with van der Waals surface area (Å²) in [6.07, 6.45) is 1.57. The number of rotatable bonds is 5. The van der Waals surface area contributed by atoms with Gasteiger partial charge in [0.1, 0.15) is 5.82 Å². The lowest BCUT2D eigenvalue weighted by molar-refractivity contribution is 0.586. The van der Waals surface area contributed by atoms with E-state index in [1.807, 2.05) is 7.05 Å². The van der Waals surface area contributed by atoms with E-state index in [1.54, 1.807) is 12.3 Å². The zero-order chi connectivity index (χ0) is 10.4. The van der Waals surface area contributed by atoms with Gasteiger partial charge in [0, 0.05) is 18.4 Å². The molecule has 0 radical (unpaired) electrons. The highest BCUT2D eigenvalue weighted by atomic mass is 19.1. The Morgan fingerprint density at radius 2 is 2.43 bits per heavy atom. The summed E-state index contributed by atoms with van der Waals surface area (Å²) in [5, 5.41) is 5.92. The van der Waals surface area contributed by atoms with Crippen molar-refractivity contribution in [1.29, 1.82) is 0 Å². The van der Waals surface area contributed by atoms with E-state index < -0.39 is 0 Å². The first-order valence-corrected chi connectivity index (χ1v) is 4.39. The monoisotopic (exact) mass is 195 g/mol. The lowest BCUT2D eigenvalue weighted by Crippen LogP contribution is -2.22. The molecule has 0 spiro atoms. The number of nitrogens with one attached hydrogen (secondary N) is 2. The Kier molecular flexibility index (Phi) is 4.07. The Labute approximate surface area is 83.1 Å². The molecule has 2 N–H and O–H groups in total. The van der Waals surface area contributed by atoms with Crippen LogP contribution < -0.4 is 10.6 Å². The van der Waals surface area contributed by atoms with Gasteiger partial charge in [-0.1, -0.05) is 6.58 Å². The van der Waals surface area contributed by atoms with Gasteiger partial charge in [0.25, 0.3) is 0 Å². The van der Waals surface area contributed by atoms with Gasteiger partial charge in [-0.3, -0.25) is 4.98 Å². The van der Waals surface area contributed by atoms with Gasteiger partial charge in [0.2, 0.25) is 0 Å². The van der Waals surface area contributed by atoms with Gasteiger partial charge in [-0.15, -0.1) is 0 Å². The van der Waals surface area contributed by atoms with Gasteiger partial charge in [0.15, 0.2) is 0 Å². The third-order valence-electron chi connectivity index (χ3n) is 1.73. The molecule has 4 heteroatoms. The Morgan fingerprint density at radius 3 is 3.07 bits per heavy atom. The molecule has 0 atom stereocenters.